The lowest BCUT2D eigenvalue weighted by molar-refractivity contribution is 0.0622. The molecule has 0 radical (unpaired) electrons. The van der Waals surface area contributed by atoms with E-state index in [1.807, 2.05) is 23.1 Å². The molecule has 2 aromatic rings. The summed E-state index contributed by atoms with van der Waals surface area (Å²) in [5.74, 6) is 1.27. The molecular weight excluding hydrogens is 425 g/mol. The topological polar surface area (TPSA) is 61.8 Å². The van der Waals surface area contributed by atoms with Gasteiger partial charge in [0.1, 0.15) is 5.75 Å². The van der Waals surface area contributed by atoms with Crippen molar-refractivity contribution in [3.05, 3.63) is 45.7 Å². The molecule has 0 atom stereocenters. The van der Waals surface area contributed by atoms with Crippen LogP contribution in [0, 0.1) is 0 Å². The Morgan fingerprint density at radius 1 is 1.10 bits per heavy atom. The summed E-state index contributed by atoms with van der Waals surface area (Å²) in [5.41, 5.74) is 1.33. The van der Waals surface area contributed by atoms with Crippen molar-refractivity contribution in [2.45, 2.75) is 19.4 Å². The highest BCUT2D eigenvalue weighted by Crippen LogP contribution is 2.25. The van der Waals surface area contributed by atoms with Crippen molar-refractivity contribution in [1.29, 1.82) is 0 Å². The van der Waals surface area contributed by atoms with E-state index < -0.39 is 0 Å². The fraction of sp³-hybridized carbons (Fsp3) is 0.476. The van der Waals surface area contributed by atoms with E-state index in [9.17, 15) is 4.79 Å². The number of carbonyl (C=O) groups excluding carboxylic acids is 1. The lowest BCUT2D eigenvalue weighted by Crippen LogP contribution is -2.48. The summed E-state index contributed by atoms with van der Waals surface area (Å²) in [6.07, 6.45) is 3.78. The van der Waals surface area contributed by atoms with Crippen LogP contribution < -0.4 is 9.64 Å². The molecule has 2 aliphatic rings. The van der Waals surface area contributed by atoms with Crippen molar-refractivity contribution in [3.8, 4) is 5.75 Å². The van der Waals surface area contributed by atoms with E-state index >= 15 is 0 Å². The van der Waals surface area contributed by atoms with Crippen LogP contribution >= 0.6 is 23.2 Å². The van der Waals surface area contributed by atoms with Crippen molar-refractivity contribution in [2.75, 3.05) is 51.3 Å². The van der Waals surface area contributed by atoms with Crippen LogP contribution in [0.5, 0.6) is 5.75 Å². The number of rotatable bonds is 5. The number of benzene rings is 1. The van der Waals surface area contributed by atoms with E-state index in [0.29, 0.717) is 34.8 Å². The molecule has 30 heavy (non-hydrogen) atoms. The first-order chi connectivity index (χ1) is 14.5. The quantitative estimate of drug-likeness (QED) is 0.697. The van der Waals surface area contributed by atoms with Gasteiger partial charge in [-0.25, -0.2) is 9.97 Å². The van der Waals surface area contributed by atoms with E-state index in [0.717, 1.165) is 56.9 Å². The Hall–Kier alpha value is -2.09. The maximum absolute atomic E-state index is 13.1. The normalized spacial score (nSPS) is 17.4. The first-order valence-corrected chi connectivity index (χ1v) is 10.9. The third-order valence-electron chi connectivity index (χ3n) is 5.62. The molecule has 2 fully saturated rings. The van der Waals surface area contributed by atoms with Crippen LogP contribution in [0.15, 0.2) is 24.4 Å². The van der Waals surface area contributed by atoms with Crippen LogP contribution in [0.25, 0.3) is 0 Å². The van der Waals surface area contributed by atoms with Gasteiger partial charge >= 0.3 is 0 Å². The van der Waals surface area contributed by atoms with E-state index in [4.69, 9.17) is 27.9 Å². The molecule has 9 heteroatoms. The van der Waals surface area contributed by atoms with Crippen LogP contribution in [0.1, 0.15) is 28.9 Å². The van der Waals surface area contributed by atoms with Gasteiger partial charge in [0.05, 0.1) is 18.3 Å². The minimum absolute atomic E-state index is 0.136. The SMILES string of the molecule is COc1ccc(Cl)cc1CN1CCN(C(=O)c2nc(N3CCCC3)ncc2Cl)CC1. The van der Waals surface area contributed by atoms with Gasteiger partial charge in [-0.15, -0.1) is 0 Å². The summed E-state index contributed by atoms with van der Waals surface area (Å²) in [6.45, 7) is 5.29. The molecule has 0 bridgehead atoms. The first-order valence-electron chi connectivity index (χ1n) is 10.2. The zero-order chi connectivity index (χ0) is 21.1. The van der Waals surface area contributed by atoms with Gasteiger partial charge < -0.3 is 14.5 Å². The van der Waals surface area contributed by atoms with Crippen LogP contribution in [-0.2, 0) is 6.54 Å². The Balaban J connectivity index is 1.40. The predicted octanol–water partition coefficient (Wildman–Crippen LogP) is 3.35. The van der Waals surface area contributed by atoms with Gasteiger partial charge in [-0.3, -0.25) is 9.69 Å². The van der Waals surface area contributed by atoms with E-state index in [1.165, 1.54) is 6.20 Å². The molecule has 0 spiro atoms. The highest BCUT2D eigenvalue weighted by Gasteiger charge is 2.27. The monoisotopic (exact) mass is 449 g/mol. The fourth-order valence-electron chi connectivity index (χ4n) is 3.95. The van der Waals surface area contributed by atoms with Crippen LogP contribution in [0.4, 0.5) is 5.95 Å². The van der Waals surface area contributed by atoms with Crippen molar-refractivity contribution in [1.82, 2.24) is 19.8 Å². The second kappa shape index (κ2) is 9.37. The second-order valence-corrected chi connectivity index (χ2v) is 8.43. The summed E-state index contributed by atoms with van der Waals surface area (Å²) in [7, 11) is 1.66. The third kappa shape index (κ3) is 4.63. The molecule has 3 heterocycles. The second-order valence-electron chi connectivity index (χ2n) is 7.59. The number of anilines is 1. The number of hydrogen-bond donors (Lipinski definition) is 0. The number of halogens is 2. The third-order valence-corrected chi connectivity index (χ3v) is 6.13. The average Bonchev–Trinajstić information content (AvgIpc) is 3.29. The average molecular weight is 450 g/mol. The number of amides is 1. The van der Waals surface area contributed by atoms with Crippen LogP contribution in [-0.4, -0.2) is 72.1 Å². The smallest absolute Gasteiger partial charge is 0.274 e. The minimum atomic E-state index is -0.136. The molecule has 7 nitrogen and oxygen atoms in total. The number of piperazine rings is 1. The predicted molar refractivity (Wildman–Crippen MR) is 118 cm³/mol. The lowest BCUT2D eigenvalue weighted by Gasteiger charge is -2.35. The van der Waals surface area contributed by atoms with Gasteiger partial charge in [-0.05, 0) is 31.0 Å². The molecule has 0 N–H and O–H groups in total. The van der Waals surface area contributed by atoms with Gasteiger partial charge in [0, 0.05) is 56.4 Å². The number of carbonyl (C=O) groups is 1. The summed E-state index contributed by atoms with van der Waals surface area (Å²) >= 11 is 12.4. The molecule has 1 amide bonds. The summed E-state index contributed by atoms with van der Waals surface area (Å²) in [4.78, 5) is 28.1. The number of hydrogen-bond acceptors (Lipinski definition) is 6. The summed E-state index contributed by atoms with van der Waals surface area (Å²) in [6, 6.07) is 5.63. The van der Waals surface area contributed by atoms with Crippen molar-refractivity contribution < 1.29 is 9.53 Å². The van der Waals surface area contributed by atoms with Gasteiger partial charge in [0.25, 0.3) is 5.91 Å². The largest absolute Gasteiger partial charge is 0.496 e. The maximum Gasteiger partial charge on any atom is 0.274 e. The van der Waals surface area contributed by atoms with Gasteiger partial charge in [0.15, 0.2) is 5.69 Å². The van der Waals surface area contributed by atoms with E-state index in [1.54, 1.807) is 7.11 Å². The Bertz CT molecular complexity index is 912. The zero-order valence-electron chi connectivity index (χ0n) is 17.0. The van der Waals surface area contributed by atoms with Gasteiger partial charge in [-0.1, -0.05) is 23.2 Å². The van der Waals surface area contributed by atoms with Crippen LogP contribution in [0.2, 0.25) is 10.0 Å². The van der Waals surface area contributed by atoms with E-state index in [-0.39, 0.29) is 5.91 Å². The highest BCUT2D eigenvalue weighted by molar-refractivity contribution is 6.33. The highest BCUT2D eigenvalue weighted by atomic mass is 35.5. The number of methoxy groups -OCH3 is 1. The van der Waals surface area contributed by atoms with E-state index in [2.05, 4.69) is 19.8 Å². The standard InChI is InChI=1S/C21H25Cl2N5O2/c1-30-18-5-4-16(22)12-15(18)14-26-8-10-27(11-9-26)20(29)19-17(23)13-24-21(25-19)28-6-2-3-7-28/h4-5,12-13H,2-3,6-11,14H2,1H3. The number of nitrogens with zero attached hydrogens (tertiary/aromatic N) is 5. The maximum atomic E-state index is 13.1. The Morgan fingerprint density at radius 3 is 2.53 bits per heavy atom. The molecular formula is C21H25Cl2N5O2. The van der Waals surface area contributed by atoms with Gasteiger partial charge in [0.2, 0.25) is 5.95 Å². The molecule has 0 aliphatic carbocycles. The minimum Gasteiger partial charge on any atom is -0.496 e. The fourth-order valence-corrected chi connectivity index (χ4v) is 4.31. The first kappa shape index (κ1) is 21.2. The lowest BCUT2D eigenvalue weighted by atomic mass is 10.1. The molecule has 1 aromatic carbocycles. The zero-order valence-corrected chi connectivity index (χ0v) is 18.5. The van der Waals surface area contributed by atoms with Gasteiger partial charge in [-0.2, -0.15) is 0 Å². The summed E-state index contributed by atoms with van der Waals surface area (Å²) < 4.78 is 5.44. The summed E-state index contributed by atoms with van der Waals surface area (Å²) in [5, 5.41) is 0.987. The van der Waals surface area contributed by atoms with Crippen molar-refractivity contribution >= 4 is 35.1 Å². The molecule has 2 saturated heterocycles. The molecule has 160 valence electrons. The molecule has 4 rings (SSSR count). The molecule has 1 aromatic heterocycles. The van der Waals surface area contributed by atoms with Crippen molar-refractivity contribution in [2.24, 2.45) is 0 Å². The van der Waals surface area contributed by atoms with Crippen LogP contribution in [0.3, 0.4) is 0 Å². The Kier molecular flexibility index (Phi) is 6.61. The Morgan fingerprint density at radius 2 is 1.83 bits per heavy atom. The van der Waals surface area contributed by atoms with Crippen molar-refractivity contribution in [3.63, 3.8) is 0 Å². The molecule has 2 aliphatic heterocycles. The molecule has 0 unspecified atom stereocenters. The number of aromatic nitrogens is 2. The molecule has 0 saturated carbocycles. The Labute approximate surface area is 186 Å². The number of ether oxygens (including phenoxy) is 1.